The number of methoxy groups -OCH3 is 2. The average Bonchev–Trinajstić information content (AvgIpc) is 2.74. The molecule has 0 radical (unpaired) electrons. The zero-order valence-electron chi connectivity index (χ0n) is 20.3. The molecule has 0 aromatic heterocycles. The molecule has 0 rings (SSSR count). The first kappa shape index (κ1) is 30.4. The van der Waals surface area contributed by atoms with Crippen LogP contribution in [0.5, 0.6) is 0 Å². The van der Waals surface area contributed by atoms with E-state index in [9.17, 15) is 24.0 Å². The SMILES string of the molecule is CCOC(=O)CN(CCN(CCN(CC(C)=O)CC(=O)OC)CC(=O)OC)CC(=O)OCC. The highest BCUT2D eigenvalue weighted by molar-refractivity contribution is 5.79. The lowest BCUT2D eigenvalue weighted by Gasteiger charge is -2.28. The second-order valence-corrected chi connectivity index (χ2v) is 7.16. The lowest BCUT2D eigenvalue weighted by Crippen LogP contribution is -2.45. The fourth-order valence-corrected chi connectivity index (χ4v) is 2.85. The Morgan fingerprint density at radius 2 is 0.879 bits per heavy atom. The van der Waals surface area contributed by atoms with Crippen LogP contribution in [-0.4, -0.2) is 131 Å². The maximum Gasteiger partial charge on any atom is 0.320 e. The van der Waals surface area contributed by atoms with Gasteiger partial charge in [0.1, 0.15) is 5.78 Å². The van der Waals surface area contributed by atoms with Crippen LogP contribution in [-0.2, 0) is 42.9 Å². The highest BCUT2D eigenvalue weighted by Gasteiger charge is 2.20. The molecule has 0 heterocycles. The molecule has 0 aromatic rings. The van der Waals surface area contributed by atoms with Gasteiger partial charge in [-0.3, -0.25) is 38.7 Å². The zero-order valence-corrected chi connectivity index (χ0v) is 20.3. The van der Waals surface area contributed by atoms with Gasteiger partial charge in [-0.15, -0.1) is 0 Å². The molecule has 0 unspecified atom stereocenters. The molecule has 0 spiro atoms. The molecular formula is C21H37N3O9. The minimum atomic E-state index is -0.481. The number of hydrogen-bond donors (Lipinski definition) is 0. The third-order valence-electron chi connectivity index (χ3n) is 4.39. The third kappa shape index (κ3) is 15.8. The lowest BCUT2D eigenvalue weighted by molar-refractivity contribution is -0.149. The number of ether oxygens (including phenoxy) is 4. The molecule has 0 amide bonds. The minimum Gasteiger partial charge on any atom is -0.468 e. The standard InChI is InChI=1S/C21H37N3O9/c1-6-32-20(28)15-24(16-21(29)33-7-2)11-9-22(13-18(26)30-4)8-10-23(12-17(3)25)14-19(27)31-5/h6-16H2,1-5H3. The molecule has 0 aromatic carbocycles. The average molecular weight is 476 g/mol. The van der Waals surface area contributed by atoms with Gasteiger partial charge in [0.25, 0.3) is 0 Å². The van der Waals surface area contributed by atoms with E-state index < -0.39 is 23.9 Å². The van der Waals surface area contributed by atoms with Crippen molar-refractivity contribution in [1.29, 1.82) is 0 Å². The molecule has 190 valence electrons. The Hall–Kier alpha value is -2.57. The van der Waals surface area contributed by atoms with Crippen LogP contribution in [0.15, 0.2) is 0 Å². The number of nitrogens with zero attached hydrogens (tertiary/aromatic N) is 3. The van der Waals surface area contributed by atoms with E-state index in [2.05, 4.69) is 4.74 Å². The van der Waals surface area contributed by atoms with Crippen molar-refractivity contribution in [3.63, 3.8) is 0 Å². The van der Waals surface area contributed by atoms with Crippen molar-refractivity contribution in [3.8, 4) is 0 Å². The molecule has 0 aliphatic rings. The summed E-state index contributed by atoms with van der Waals surface area (Å²) in [6, 6.07) is 0. The van der Waals surface area contributed by atoms with Gasteiger partial charge < -0.3 is 18.9 Å². The van der Waals surface area contributed by atoms with Crippen LogP contribution in [0, 0.1) is 0 Å². The van der Waals surface area contributed by atoms with Gasteiger partial charge in [0.05, 0.1) is 60.2 Å². The van der Waals surface area contributed by atoms with Crippen LogP contribution in [0.25, 0.3) is 0 Å². The fraction of sp³-hybridized carbons (Fsp3) is 0.762. The monoisotopic (exact) mass is 475 g/mol. The molecule has 0 bridgehead atoms. The predicted molar refractivity (Wildman–Crippen MR) is 117 cm³/mol. The van der Waals surface area contributed by atoms with Crippen molar-refractivity contribution in [2.75, 3.05) is 86.3 Å². The maximum atomic E-state index is 11.9. The number of esters is 4. The summed E-state index contributed by atoms with van der Waals surface area (Å²) >= 11 is 0. The van der Waals surface area contributed by atoms with Crippen molar-refractivity contribution in [2.45, 2.75) is 20.8 Å². The smallest absolute Gasteiger partial charge is 0.320 e. The molecule has 12 nitrogen and oxygen atoms in total. The molecule has 0 fully saturated rings. The topological polar surface area (TPSA) is 132 Å². The predicted octanol–water partition coefficient (Wildman–Crippen LogP) is -1.05. The summed E-state index contributed by atoms with van der Waals surface area (Å²) in [6.07, 6.45) is 0. The molecule has 0 aliphatic heterocycles. The minimum absolute atomic E-state index is 0.0463. The van der Waals surface area contributed by atoms with Crippen molar-refractivity contribution >= 4 is 29.7 Å². The van der Waals surface area contributed by atoms with Crippen LogP contribution < -0.4 is 0 Å². The van der Waals surface area contributed by atoms with E-state index in [0.29, 0.717) is 19.6 Å². The van der Waals surface area contributed by atoms with Crippen molar-refractivity contribution in [2.24, 2.45) is 0 Å². The fourth-order valence-electron chi connectivity index (χ4n) is 2.85. The van der Waals surface area contributed by atoms with Crippen LogP contribution in [0.2, 0.25) is 0 Å². The van der Waals surface area contributed by atoms with Gasteiger partial charge in [-0.2, -0.15) is 0 Å². The van der Waals surface area contributed by atoms with E-state index in [0.717, 1.165) is 0 Å². The Labute approximate surface area is 195 Å². The summed E-state index contributed by atoms with van der Waals surface area (Å²) in [7, 11) is 2.53. The first-order valence-corrected chi connectivity index (χ1v) is 10.8. The first-order valence-electron chi connectivity index (χ1n) is 10.8. The summed E-state index contributed by atoms with van der Waals surface area (Å²) in [5.41, 5.74) is 0. The Bertz CT molecular complexity index is 622. The van der Waals surface area contributed by atoms with Crippen molar-refractivity contribution in [1.82, 2.24) is 14.7 Å². The van der Waals surface area contributed by atoms with Gasteiger partial charge in [-0.1, -0.05) is 0 Å². The van der Waals surface area contributed by atoms with Crippen LogP contribution in [0.3, 0.4) is 0 Å². The molecule has 33 heavy (non-hydrogen) atoms. The van der Waals surface area contributed by atoms with Crippen molar-refractivity contribution in [3.05, 3.63) is 0 Å². The summed E-state index contributed by atoms with van der Waals surface area (Å²) in [5.74, 6) is -2.03. The largest absolute Gasteiger partial charge is 0.468 e. The van der Waals surface area contributed by atoms with Gasteiger partial charge in [-0.05, 0) is 20.8 Å². The van der Waals surface area contributed by atoms with Crippen molar-refractivity contribution < 1.29 is 42.9 Å². The summed E-state index contributed by atoms with van der Waals surface area (Å²) in [5, 5.41) is 0. The van der Waals surface area contributed by atoms with Gasteiger partial charge in [-0.25, -0.2) is 0 Å². The quantitative estimate of drug-likeness (QED) is 0.177. The van der Waals surface area contributed by atoms with E-state index in [1.54, 1.807) is 28.5 Å². The first-order chi connectivity index (χ1) is 15.6. The number of Topliss-reactive ketones (excluding diaryl/α,β-unsaturated/α-hetero) is 1. The Kier molecular flexibility index (Phi) is 16.5. The van der Waals surface area contributed by atoms with Gasteiger partial charge in [0.15, 0.2) is 0 Å². The third-order valence-corrected chi connectivity index (χ3v) is 4.39. The van der Waals surface area contributed by atoms with E-state index in [-0.39, 0.29) is 58.3 Å². The molecule has 12 heteroatoms. The molecule has 0 atom stereocenters. The molecule has 0 saturated carbocycles. The van der Waals surface area contributed by atoms with Crippen LogP contribution >= 0.6 is 0 Å². The Morgan fingerprint density at radius 1 is 0.545 bits per heavy atom. The summed E-state index contributed by atoms with van der Waals surface area (Å²) < 4.78 is 19.3. The highest BCUT2D eigenvalue weighted by Crippen LogP contribution is 1.99. The normalized spacial score (nSPS) is 10.9. The molecular weight excluding hydrogens is 438 g/mol. The van der Waals surface area contributed by atoms with Crippen LogP contribution in [0.1, 0.15) is 20.8 Å². The maximum absolute atomic E-state index is 11.9. The number of hydrogen-bond acceptors (Lipinski definition) is 12. The highest BCUT2D eigenvalue weighted by atomic mass is 16.5. The Morgan fingerprint density at radius 3 is 1.24 bits per heavy atom. The van der Waals surface area contributed by atoms with E-state index in [4.69, 9.17) is 14.2 Å². The Balaban J connectivity index is 5.20. The molecule has 0 aliphatic carbocycles. The second kappa shape index (κ2) is 17.9. The van der Waals surface area contributed by atoms with E-state index in [1.807, 2.05) is 0 Å². The van der Waals surface area contributed by atoms with E-state index >= 15 is 0 Å². The lowest BCUT2D eigenvalue weighted by atomic mass is 10.3. The summed E-state index contributed by atoms with van der Waals surface area (Å²) in [6.45, 7) is 6.13. The zero-order chi connectivity index (χ0) is 25.2. The number of carbonyl (C=O) groups excluding carboxylic acids is 5. The molecule has 0 saturated heterocycles. The van der Waals surface area contributed by atoms with Gasteiger partial charge in [0.2, 0.25) is 0 Å². The second-order valence-electron chi connectivity index (χ2n) is 7.16. The number of rotatable bonds is 18. The van der Waals surface area contributed by atoms with E-state index in [1.165, 1.54) is 21.1 Å². The van der Waals surface area contributed by atoms with Gasteiger partial charge in [0, 0.05) is 26.2 Å². The number of ketones is 1. The molecule has 0 N–H and O–H groups in total. The van der Waals surface area contributed by atoms with Crippen LogP contribution in [0.4, 0.5) is 0 Å². The van der Waals surface area contributed by atoms with Gasteiger partial charge >= 0.3 is 23.9 Å². The number of carbonyl (C=O) groups is 5. The summed E-state index contributed by atoms with van der Waals surface area (Å²) in [4.78, 5) is 63.8.